The summed E-state index contributed by atoms with van der Waals surface area (Å²) in [4.78, 5) is 36.1. The number of carboxylic acid groups (broad SMARTS) is 1. The molecule has 2 aliphatic heterocycles. The molecule has 0 aromatic heterocycles. The summed E-state index contributed by atoms with van der Waals surface area (Å²) in [6.07, 6.45) is 3.06. The molecule has 0 spiro atoms. The molecule has 0 saturated carbocycles. The summed E-state index contributed by atoms with van der Waals surface area (Å²) in [6.45, 7) is 1.75. The number of hydrogen-bond donors (Lipinski definition) is 1. The van der Waals surface area contributed by atoms with Gasteiger partial charge in [-0.3, -0.25) is 19.3 Å². The Morgan fingerprint density at radius 3 is 2.88 bits per heavy atom. The lowest BCUT2D eigenvalue weighted by Gasteiger charge is -2.23. The van der Waals surface area contributed by atoms with E-state index in [9.17, 15) is 14.4 Å². The number of aliphatic carboxylic acids is 1. The number of para-hydroxylation sites is 1. The monoisotopic (exact) mass is 345 g/mol. The first kappa shape index (κ1) is 16.3. The summed E-state index contributed by atoms with van der Waals surface area (Å²) in [7, 11) is 0. The largest absolute Gasteiger partial charge is 0.485 e. The van der Waals surface area contributed by atoms with E-state index >= 15 is 0 Å². The molecule has 1 aromatic carbocycles. The molecule has 2 heterocycles. The van der Waals surface area contributed by atoms with E-state index in [1.54, 1.807) is 6.08 Å². The molecule has 1 atom stereocenters. The first-order chi connectivity index (χ1) is 11.5. The number of amides is 2. The molecule has 1 fully saturated rings. The highest BCUT2D eigenvalue weighted by Gasteiger charge is 2.35. The van der Waals surface area contributed by atoms with E-state index in [-0.39, 0.29) is 24.0 Å². The summed E-state index contributed by atoms with van der Waals surface area (Å²) in [5.41, 5.74) is 1.70. The maximum atomic E-state index is 12.3. The van der Waals surface area contributed by atoms with Gasteiger partial charge in [0.15, 0.2) is 0 Å². The number of benzene rings is 1. The Hall–Kier alpha value is -2.54. The van der Waals surface area contributed by atoms with E-state index < -0.39 is 17.1 Å². The summed E-state index contributed by atoms with van der Waals surface area (Å²) in [5.74, 6) is -0.735. The van der Waals surface area contributed by atoms with Crippen molar-refractivity contribution in [2.75, 3.05) is 6.54 Å². The predicted molar refractivity (Wildman–Crippen MR) is 89.5 cm³/mol. The Morgan fingerprint density at radius 2 is 2.12 bits per heavy atom. The topological polar surface area (TPSA) is 83.9 Å². The number of hydrogen-bond acceptors (Lipinski definition) is 5. The Bertz CT molecular complexity index is 783. The predicted octanol–water partition coefficient (Wildman–Crippen LogP) is 2.90. The van der Waals surface area contributed by atoms with E-state index in [4.69, 9.17) is 9.84 Å². The van der Waals surface area contributed by atoms with E-state index in [2.05, 4.69) is 0 Å². The van der Waals surface area contributed by atoms with Gasteiger partial charge in [-0.05, 0) is 42.5 Å². The third kappa shape index (κ3) is 3.21. The molecule has 1 saturated heterocycles. The minimum atomic E-state index is -1.05. The van der Waals surface area contributed by atoms with Crippen molar-refractivity contribution in [3.05, 3.63) is 46.4 Å². The summed E-state index contributed by atoms with van der Waals surface area (Å²) in [6, 6.07) is 7.57. The molecular formula is C17H15NO5S. The molecule has 24 heavy (non-hydrogen) atoms. The molecule has 2 amide bonds. The van der Waals surface area contributed by atoms with Crippen LogP contribution in [0.2, 0.25) is 0 Å². The quantitative estimate of drug-likeness (QED) is 0.845. The zero-order chi connectivity index (χ0) is 17.3. The van der Waals surface area contributed by atoms with Gasteiger partial charge in [-0.1, -0.05) is 18.2 Å². The average Bonchev–Trinajstić information content (AvgIpc) is 2.80. The van der Waals surface area contributed by atoms with Crippen molar-refractivity contribution in [3.8, 4) is 5.75 Å². The summed E-state index contributed by atoms with van der Waals surface area (Å²) in [5, 5.41) is 8.26. The molecule has 0 aliphatic carbocycles. The number of rotatable bonds is 4. The number of carbonyl (C=O) groups excluding carboxylic acids is 2. The molecule has 0 bridgehead atoms. The van der Waals surface area contributed by atoms with Gasteiger partial charge in [-0.25, -0.2) is 0 Å². The van der Waals surface area contributed by atoms with Gasteiger partial charge in [0.1, 0.15) is 11.9 Å². The summed E-state index contributed by atoms with van der Waals surface area (Å²) >= 11 is 0.820. The van der Waals surface area contributed by atoms with E-state index in [1.165, 1.54) is 0 Å². The fourth-order valence-corrected chi connectivity index (χ4v) is 3.34. The molecule has 3 rings (SSSR count). The SMILES string of the molecule is CC1Oc2ccccc2C=C1/C=C1/SC(=O)N(CCC(=O)O)C1=O. The number of thioether (sulfide) groups is 1. The van der Waals surface area contributed by atoms with Crippen molar-refractivity contribution >= 4 is 35.0 Å². The van der Waals surface area contributed by atoms with Gasteiger partial charge in [0.2, 0.25) is 0 Å². The van der Waals surface area contributed by atoms with Crippen LogP contribution < -0.4 is 4.74 Å². The van der Waals surface area contributed by atoms with E-state index in [0.717, 1.165) is 33.5 Å². The third-order valence-electron chi connectivity index (χ3n) is 3.73. The van der Waals surface area contributed by atoms with Crippen molar-refractivity contribution in [1.82, 2.24) is 4.90 Å². The van der Waals surface area contributed by atoms with Gasteiger partial charge in [-0.15, -0.1) is 0 Å². The highest BCUT2D eigenvalue weighted by molar-refractivity contribution is 8.18. The second kappa shape index (κ2) is 6.52. The second-order valence-corrected chi connectivity index (χ2v) is 6.41. The Kier molecular flexibility index (Phi) is 4.44. The Morgan fingerprint density at radius 1 is 1.38 bits per heavy atom. The highest BCUT2D eigenvalue weighted by Crippen LogP contribution is 2.35. The minimum Gasteiger partial charge on any atom is -0.485 e. The van der Waals surface area contributed by atoms with Crippen LogP contribution in [-0.4, -0.2) is 39.8 Å². The molecule has 7 heteroatoms. The number of fused-ring (bicyclic) bond motifs is 1. The number of nitrogens with zero attached hydrogens (tertiary/aromatic N) is 1. The molecule has 124 valence electrons. The smallest absolute Gasteiger partial charge is 0.305 e. The number of carbonyl (C=O) groups is 3. The maximum Gasteiger partial charge on any atom is 0.305 e. The van der Waals surface area contributed by atoms with E-state index in [1.807, 2.05) is 37.3 Å². The van der Waals surface area contributed by atoms with Crippen LogP contribution in [0.15, 0.2) is 40.8 Å². The first-order valence-corrected chi connectivity index (χ1v) is 8.22. The van der Waals surface area contributed by atoms with Crippen molar-refractivity contribution in [2.45, 2.75) is 19.4 Å². The van der Waals surface area contributed by atoms with Crippen LogP contribution in [0.4, 0.5) is 4.79 Å². The van der Waals surface area contributed by atoms with Crippen molar-refractivity contribution < 1.29 is 24.2 Å². The van der Waals surface area contributed by atoms with Crippen LogP contribution >= 0.6 is 11.8 Å². The summed E-state index contributed by atoms with van der Waals surface area (Å²) < 4.78 is 5.81. The normalized spacial score (nSPS) is 21.5. The lowest BCUT2D eigenvalue weighted by Crippen LogP contribution is -2.30. The molecule has 1 N–H and O–H groups in total. The molecule has 1 aromatic rings. The fraction of sp³-hybridized carbons (Fsp3) is 0.235. The molecule has 0 radical (unpaired) electrons. The van der Waals surface area contributed by atoms with Crippen LogP contribution in [0.25, 0.3) is 6.08 Å². The third-order valence-corrected chi connectivity index (χ3v) is 4.64. The Labute approximate surface area is 142 Å². The molecule has 1 unspecified atom stereocenters. The van der Waals surface area contributed by atoms with Gasteiger partial charge >= 0.3 is 5.97 Å². The van der Waals surface area contributed by atoms with Crippen LogP contribution in [0.5, 0.6) is 5.75 Å². The van der Waals surface area contributed by atoms with E-state index in [0.29, 0.717) is 0 Å². The molecule has 2 aliphatic rings. The fourth-order valence-electron chi connectivity index (χ4n) is 2.47. The van der Waals surface area contributed by atoms with Crippen LogP contribution in [0, 0.1) is 0 Å². The minimum absolute atomic E-state index is 0.120. The zero-order valence-corrected chi connectivity index (χ0v) is 13.7. The number of imide groups is 1. The van der Waals surface area contributed by atoms with Gasteiger partial charge < -0.3 is 9.84 Å². The first-order valence-electron chi connectivity index (χ1n) is 7.40. The number of carboxylic acids is 1. The standard InChI is InChI=1S/C17H15NO5S/c1-10-12(8-11-4-2-3-5-13(11)23-10)9-14-16(21)18(17(22)24-14)7-6-15(19)20/h2-5,8-10H,6-7H2,1H3,(H,19,20)/b14-9+. The van der Waals surface area contributed by atoms with Gasteiger partial charge in [0.25, 0.3) is 11.1 Å². The number of ether oxygens (including phenoxy) is 1. The highest BCUT2D eigenvalue weighted by atomic mass is 32.2. The van der Waals surface area contributed by atoms with Crippen molar-refractivity contribution in [3.63, 3.8) is 0 Å². The maximum absolute atomic E-state index is 12.3. The van der Waals surface area contributed by atoms with Crippen LogP contribution in [-0.2, 0) is 9.59 Å². The lowest BCUT2D eigenvalue weighted by molar-refractivity contribution is -0.137. The van der Waals surface area contributed by atoms with Crippen LogP contribution in [0.1, 0.15) is 18.9 Å². The molecular weight excluding hydrogens is 330 g/mol. The second-order valence-electron chi connectivity index (χ2n) is 5.42. The van der Waals surface area contributed by atoms with Gasteiger partial charge in [-0.2, -0.15) is 0 Å². The zero-order valence-electron chi connectivity index (χ0n) is 12.9. The van der Waals surface area contributed by atoms with Gasteiger partial charge in [0.05, 0.1) is 11.3 Å². The van der Waals surface area contributed by atoms with Gasteiger partial charge in [0, 0.05) is 12.1 Å². The van der Waals surface area contributed by atoms with Crippen molar-refractivity contribution in [1.29, 1.82) is 0 Å². The lowest BCUT2D eigenvalue weighted by atomic mass is 10.0. The average molecular weight is 345 g/mol. The molecule has 6 nitrogen and oxygen atoms in total. The van der Waals surface area contributed by atoms with Crippen LogP contribution in [0.3, 0.4) is 0 Å². The Balaban J connectivity index is 1.84. The van der Waals surface area contributed by atoms with Crippen molar-refractivity contribution in [2.24, 2.45) is 0 Å².